The second kappa shape index (κ2) is 7.80. The average molecular weight is 434 g/mol. The molecule has 1 saturated heterocycles. The first-order valence-electron chi connectivity index (χ1n) is 9.59. The van der Waals surface area contributed by atoms with Crippen molar-refractivity contribution in [2.75, 3.05) is 6.54 Å². The first-order valence-corrected chi connectivity index (χ1v) is 9.97. The third kappa shape index (κ3) is 3.81. The van der Waals surface area contributed by atoms with Gasteiger partial charge in [0.25, 0.3) is 5.91 Å². The molecule has 1 unspecified atom stereocenters. The molecule has 1 aliphatic rings. The van der Waals surface area contributed by atoms with Crippen molar-refractivity contribution >= 4 is 17.5 Å². The van der Waals surface area contributed by atoms with E-state index in [4.69, 9.17) is 11.6 Å². The smallest absolute Gasteiger partial charge is 0.336 e. The van der Waals surface area contributed by atoms with E-state index in [1.165, 1.54) is 4.68 Å². The van der Waals surface area contributed by atoms with Crippen LogP contribution in [-0.4, -0.2) is 33.2 Å². The molecule has 1 amide bonds. The summed E-state index contributed by atoms with van der Waals surface area (Å²) < 4.78 is 41.2. The summed E-state index contributed by atoms with van der Waals surface area (Å²) >= 11 is 6.20. The summed E-state index contributed by atoms with van der Waals surface area (Å²) in [5.74, 6) is -0.0675. The standard InChI is InChI=1S/C22H19ClF3N3O/c1-14-5-4-12-28(14)21(30)16-10-8-15(9-11-16)19-13-20(22(24,25)26)27-29(19)18-7-3-2-6-17(18)23/h2-3,6-11,13-14H,4-5,12H2,1H3. The van der Waals surface area contributed by atoms with Crippen molar-refractivity contribution in [3.8, 4) is 16.9 Å². The normalized spacial score (nSPS) is 16.8. The Morgan fingerprint density at radius 1 is 1.13 bits per heavy atom. The molecule has 0 aliphatic carbocycles. The fourth-order valence-electron chi connectivity index (χ4n) is 3.72. The van der Waals surface area contributed by atoms with E-state index >= 15 is 0 Å². The van der Waals surface area contributed by atoms with Crippen molar-refractivity contribution < 1.29 is 18.0 Å². The third-order valence-electron chi connectivity index (χ3n) is 5.32. The first-order chi connectivity index (χ1) is 14.3. The number of rotatable bonds is 3. The minimum Gasteiger partial charge on any atom is -0.336 e. The summed E-state index contributed by atoms with van der Waals surface area (Å²) in [6.45, 7) is 2.73. The third-order valence-corrected chi connectivity index (χ3v) is 5.64. The number of hydrogen-bond acceptors (Lipinski definition) is 2. The molecule has 4 nitrogen and oxygen atoms in total. The van der Waals surface area contributed by atoms with Crippen molar-refractivity contribution in [2.24, 2.45) is 0 Å². The van der Waals surface area contributed by atoms with Crippen LogP contribution in [0.25, 0.3) is 16.9 Å². The van der Waals surface area contributed by atoms with Crippen LogP contribution in [-0.2, 0) is 6.18 Å². The number of carbonyl (C=O) groups is 1. The van der Waals surface area contributed by atoms with Gasteiger partial charge in [-0.05, 0) is 50.1 Å². The monoisotopic (exact) mass is 433 g/mol. The Labute approximate surface area is 176 Å². The first kappa shape index (κ1) is 20.5. The maximum absolute atomic E-state index is 13.3. The minimum atomic E-state index is -4.59. The number of benzene rings is 2. The van der Waals surface area contributed by atoms with Crippen LogP contribution in [0.5, 0.6) is 0 Å². The number of amides is 1. The SMILES string of the molecule is CC1CCCN1C(=O)c1ccc(-c2cc(C(F)(F)F)nn2-c2ccccc2Cl)cc1. The molecule has 2 heterocycles. The Kier molecular flexibility index (Phi) is 5.32. The highest BCUT2D eigenvalue weighted by Gasteiger charge is 2.35. The van der Waals surface area contributed by atoms with Gasteiger partial charge in [0.05, 0.1) is 16.4 Å². The Bertz CT molecular complexity index is 1080. The van der Waals surface area contributed by atoms with E-state index in [0.29, 0.717) is 16.8 Å². The van der Waals surface area contributed by atoms with Gasteiger partial charge in [0, 0.05) is 23.7 Å². The zero-order valence-corrected chi connectivity index (χ0v) is 16.9. The molecule has 2 aromatic carbocycles. The minimum absolute atomic E-state index is 0.0675. The summed E-state index contributed by atoms with van der Waals surface area (Å²) in [7, 11) is 0. The number of halogens is 4. The highest BCUT2D eigenvalue weighted by Crippen LogP contribution is 2.34. The predicted octanol–water partition coefficient (Wildman–Crippen LogP) is 5.84. The van der Waals surface area contributed by atoms with Gasteiger partial charge in [-0.1, -0.05) is 35.9 Å². The Balaban J connectivity index is 1.74. The largest absolute Gasteiger partial charge is 0.435 e. The summed E-state index contributed by atoms with van der Waals surface area (Å²) in [6, 6.07) is 14.3. The Hall–Kier alpha value is -2.80. The number of carbonyl (C=O) groups excluding carboxylic acids is 1. The fourth-order valence-corrected chi connectivity index (χ4v) is 3.93. The van der Waals surface area contributed by atoms with Gasteiger partial charge in [-0.3, -0.25) is 4.79 Å². The van der Waals surface area contributed by atoms with Crippen LogP contribution in [0.4, 0.5) is 13.2 Å². The van der Waals surface area contributed by atoms with Gasteiger partial charge < -0.3 is 4.90 Å². The maximum atomic E-state index is 13.3. The van der Waals surface area contributed by atoms with Gasteiger partial charge in [-0.25, -0.2) is 4.68 Å². The lowest BCUT2D eigenvalue weighted by Crippen LogP contribution is -2.33. The number of alkyl halides is 3. The van der Waals surface area contributed by atoms with Gasteiger partial charge in [0.2, 0.25) is 0 Å². The number of aromatic nitrogens is 2. The molecule has 0 bridgehead atoms. The van der Waals surface area contributed by atoms with Crippen molar-refractivity contribution in [1.29, 1.82) is 0 Å². The quantitative estimate of drug-likeness (QED) is 0.520. The predicted molar refractivity (Wildman–Crippen MR) is 109 cm³/mol. The van der Waals surface area contributed by atoms with Crippen molar-refractivity contribution in [3.63, 3.8) is 0 Å². The molecule has 0 spiro atoms. The molecule has 1 aromatic heterocycles. The van der Waals surface area contributed by atoms with E-state index in [9.17, 15) is 18.0 Å². The molecule has 3 aromatic rings. The van der Waals surface area contributed by atoms with Crippen molar-refractivity contribution in [1.82, 2.24) is 14.7 Å². The second-order valence-electron chi connectivity index (χ2n) is 7.34. The zero-order chi connectivity index (χ0) is 21.5. The summed E-state index contributed by atoms with van der Waals surface area (Å²) in [4.78, 5) is 14.5. The van der Waals surface area contributed by atoms with Crippen LogP contribution in [0.1, 0.15) is 35.8 Å². The summed E-state index contributed by atoms with van der Waals surface area (Å²) in [5.41, 5.74) is 0.583. The van der Waals surface area contributed by atoms with Crippen LogP contribution in [0.2, 0.25) is 5.02 Å². The van der Waals surface area contributed by atoms with Gasteiger partial charge in [0.15, 0.2) is 5.69 Å². The van der Waals surface area contributed by atoms with Gasteiger partial charge in [-0.2, -0.15) is 18.3 Å². The highest BCUT2D eigenvalue weighted by atomic mass is 35.5. The molecule has 1 aliphatic heterocycles. The molecule has 0 radical (unpaired) electrons. The number of hydrogen-bond donors (Lipinski definition) is 0. The Morgan fingerprint density at radius 2 is 1.83 bits per heavy atom. The number of likely N-dealkylation sites (tertiary alicyclic amines) is 1. The van der Waals surface area contributed by atoms with Crippen molar-refractivity contribution in [2.45, 2.75) is 32.0 Å². The molecular weight excluding hydrogens is 415 g/mol. The lowest BCUT2D eigenvalue weighted by atomic mass is 10.1. The molecule has 4 rings (SSSR count). The molecule has 0 N–H and O–H groups in total. The van der Waals surface area contributed by atoms with Crippen LogP contribution >= 0.6 is 11.6 Å². The van der Waals surface area contributed by atoms with E-state index in [0.717, 1.165) is 25.5 Å². The van der Waals surface area contributed by atoms with Gasteiger partial charge in [0.1, 0.15) is 0 Å². The van der Waals surface area contributed by atoms with Crippen LogP contribution in [0.15, 0.2) is 54.6 Å². The summed E-state index contributed by atoms with van der Waals surface area (Å²) in [5, 5.41) is 4.03. The van der Waals surface area contributed by atoms with Crippen LogP contribution < -0.4 is 0 Å². The van der Waals surface area contributed by atoms with E-state index < -0.39 is 11.9 Å². The molecule has 1 atom stereocenters. The van der Waals surface area contributed by atoms with Gasteiger partial charge in [-0.15, -0.1) is 0 Å². The van der Waals surface area contributed by atoms with Crippen molar-refractivity contribution in [3.05, 3.63) is 70.9 Å². The van der Waals surface area contributed by atoms with E-state index in [1.807, 2.05) is 11.8 Å². The topological polar surface area (TPSA) is 38.1 Å². The van der Waals surface area contributed by atoms with E-state index in [1.54, 1.807) is 48.5 Å². The highest BCUT2D eigenvalue weighted by molar-refractivity contribution is 6.32. The average Bonchev–Trinajstić information content (AvgIpc) is 3.34. The molecule has 8 heteroatoms. The molecule has 0 saturated carbocycles. The van der Waals surface area contributed by atoms with E-state index in [-0.39, 0.29) is 22.7 Å². The number of para-hydroxylation sites is 1. The van der Waals surface area contributed by atoms with Crippen LogP contribution in [0.3, 0.4) is 0 Å². The van der Waals surface area contributed by atoms with Crippen LogP contribution in [0, 0.1) is 0 Å². The lowest BCUT2D eigenvalue weighted by molar-refractivity contribution is -0.141. The molecule has 30 heavy (non-hydrogen) atoms. The fraction of sp³-hybridized carbons (Fsp3) is 0.273. The maximum Gasteiger partial charge on any atom is 0.435 e. The van der Waals surface area contributed by atoms with Gasteiger partial charge >= 0.3 is 6.18 Å². The zero-order valence-electron chi connectivity index (χ0n) is 16.2. The Morgan fingerprint density at radius 3 is 2.43 bits per heavy atom. The second-order valence-corrected chi connectivity index (χ2v) is 7.75. The molecular formula is C22H19ClF3N3O. The molecule has 1 fully saturated rings. The summed E-state index contributed by atoms with van der Waals surface area (Å²) in [6.07, 6.45) is -2.65. The molecule has 156 valence electrons. The van der Waals surface area contributed by atoms with E-state index in [2.05, 4.69) is 5.10 Å². The lowest BCUT2D eigenvalue weighted by Gasteiger charge is -2.21. The number of nitrogens with zero attached hydrogens (tertiary/aromatic N) is 3.